The number of rotatable bonds is 4. The zero-order valence-electron chi connectivity index (χ0n) is 8.71. The van der Waals surface area contributed by atoms with Gasteiger partial charge in [-0.1, -0.05) is 5.16 Å². The Morgan fingerprint density at radius 3 is 3.07 bits per heavy atom. The van der Waals surface area contributed by atoms with Crippen molar-refractivity contribution in [2.45, 2.75) is 26.4 Å². The van der Waals surface area contributed by atoms with Crippen LogP contribution in [0.5, 0.6) is 0 Å². The summed E-state index contributed by atoms with van der Waals surface area (Å²) in [6, 6.07) is 2.53. The third kappa shape index (κ3) is 2.55. The SMILES string of the molecule is Cc1noc(NC(C)Cn2cccn2)n1. The largest absolute Gasteiger partial charge is 0.333 e. The number of anilines is 1. The molecule has 1 unspecified atom stereocenters. The summed E-state index contributed by atoms with van der Waals surface area (Å²) in [5.74, 6) is 0.629. The van der Waals surface area contributed by atoms with Crippen molar-refractivity contribution in [1.82, 2.24) is 19.9 Å². The van der Waals surface area contributed by atoms with Gasteiger partial charge in [-0.2, -0.15) is 10.1 Å². The second-order valence-corrected chi connectivity index (χ2v) is 3.42. The third-order valence-corrected chi connectivity index (χ3v) is 1.92. The molecule has 6 heteroatoms. The van der Waals surface area contributed by atoms with Gasteiger partial charge in [0.25, 0.3) is 0 Å². The van der Waals surface area contributed by atoms with Gasteiger partial charge in [-0.05, 0) is 19.9 Å². The molecule has 0 fully saturated rings. The number of hydrogen-bond acceptors (Lipinski definition) is 5. The van der Waals surface area contributed by atoms with Crippen LogP contribution in [0.25, 0.3) is 0 Å². The molecule has 0 aliphatic carbocycles. The van der Waals surface area contributed by atoms with E-state index >= 15 is 0 Å². The molecule has 0 amide bonds. The number of aryl methyl sites for hydroxylation is 1. The Balaban J connectivity index is 1.90. The van der Waals surface area contributed by atoms with Crippen molar-refractivity contribution in [3.8, 4) is 0 Å². The maximum Gasteiger partial charge on any atom is 0.321 e. The van der Waals surface area contributed by atoms with Gasteiger partial charge in [0.05, 0.1) is 6.54 Å². The molecule has 0 aliphatic heterocycles. The van der Waals surface area contributed by atoms with Crippen molar-refractivity contribution in [3.63, 3.8) is 0 Å². The summed E-state index contributed by atoms with van der Waals surface area (Å²) in [6.45, 7) is 4.57. The molecule has 1 N–H and O–H groups in total. The van der Waals surface area contributed by atoms with Crippen molar-refractivity contribution in [2.75, 3.05) is 5.32 Å². The molecule has 0 aromatic carbocycles. The molecule has 80 valence electrons. The number of hydrogen-bond donors (Lipinski definition) is 1. The molecule has 0 spiro atoms. The lowest BCUT2D eigenvalue weighted by Gasteiger charge is -2.11. The zero-order chi connectivity index (χ0) is 10.7. The molecule has 0 saturated carbocycles. The molecular formula is C9H13N5O. The minimum absolute atomic E-state index is 0.185. The Kier molecular flexibility index (Phi) is 2.66. The third-order valence-electron chi connectivity index (χ3n) is 1.92. The van der Waals surface area contributed by atoms with E-state index in [1.165, 1.54) is 0 Å². The summed E-state index contributed by atoms with van der Waals surface area (Å²) in [6.07, 6.45) is 3.67. The van der Waals surface area contributed by atoms with Gasteiger partial charge in [0.15, 0.2) is 5.82 Å². The summed E-state index contributed by atoms with van der Waals surface area (Å²) in [5, 5.41) is 10.9. The molecule has 2 rings (SSSR count). The van der Waals surface area contributed by atoms with Crippen LogP contribution in [0.4, 0.5) is 6.01 Å². The fourth-order valence-electron chi connectivity index (χ4n) is 1.30. The molecule has 0 saturated heterocycles. The van der Waals surface area contributed by atoms with Gasteiger partial charge in [-0.25, -0.2) is 0 Å². The molecular weight excluding hydrogens is 194 g/mol. The standard InChI is InChI=1S/C9H13N5O/c1-7(6-14-5-3-4-10-14)11-9-12-8(2)13-15-9/h3-5,7H,6H2,1-2H3,(H,11,12,13). The van der Waals surface area contributed by atoms with E-state index in [1.54, 1.807) is 13.1 Å². The van der Waals surface area contributed by atoms with Gasteiger partial charge in [0.2, 0.25) is 0 Å². The van der Waals surface area contributed by atoms with Crippen molar-refractivity contribution in [1.29, 1.82) is 0 Å². The summed E-state index contributed by atoms with van der Waals surface area (Å²) in [5.41, 5.74) is 0. The van der Waals surface area contributed by atoms with E-state index in [9.17, 15) is 0 Å². The van der Waals surface area contributed by atoms with Crippen LogP contribution in [0.2, 0.25) is 0 Å². The van der Waals surface area contributed by atoms with Crippen molar-refractivity contribution < 1.29 is 4.52 Å². The molecule has 6 nitrogen and oxygen atoms in total. The van der Waals surface area contributed by atoms with E-state index in [0.29, 0.717) is 11.8 Å². The molecule has 15 heavy (non-hydrogen) atoms. The Morgan fingerprint density at radius 1 is 1.60 bits per heavy atom. The van der Waals surface area contributed by atoms with E-state index in [4.69, 9.17) is 4.52 Å². The highest BCUT2D eigenvalue weighted by Gasteiger charge is 2.07. The Bertz CT molecular complexity index is 408. The van der Waals surface area contributed by atoms with Crippen molar-refractivity contribution in [3.05, 3.63) is 24.3 Å². The smallest absolute Gasteiger partial charge is 0.321 e. The monoisotopic (exact) mass is 207 g/mol. The van der Waals surface area contributed by atoms with Crippen LogP contribution in [-0.4, -0.2) is 26.0 Å². The number of nitrogens with zero attached hydrogens (tertiary/aromatic N) is 4. The van der Waals surface area contributed by atoms with Crippen LogP contribution in [-0.2, 0) is 6.54 Å². The molecule has 0 aliphatic rings. The molecule has 2 aromatic rings. The predicted molar refractivity (Wildman–Crippen MR) is 54.3 cm³/mol. The zero-order valence-corrected chi connectivity index (χ0v) is 8.71. The van der Waals surface area contributed by atoms with E-state index in [1.807, 2.05) is 23.9 Å². The van der Waals surface area contributed by atoms with Crippen LogP contribution in [0.3, 0.4) is 0 Å². The maximum atomic E-state index is 4.95. The topological polar surface area (TPSA) is 68.8 Å². The van der Waals surface area contributed by atoms with Crippen LogP contribution in [0, 0.1) is 6.92 Å². The summed E-state index contributed by atoms with van der Waals surface area (Å²) in [4.78, 5) is 4.06. The summed E-state index contributed by atoms with van der Waals surface area (Å²) < 4.78 is 6.80. The lowest BCUT2D eigenvalue weighted by Crippen LogP contribution is -2.22. The lowest BCUT2D eigenvalue weighted by atomic mass is 10.3. The highest BCUT2D eigenvalue weighted by molar-refractivity contribution is 5.19. The predicted octanol–water partition coefficient (Wildman–Crippen LogP) is 1.08. The first kappa shape index (κ1) is 9.70. The minimum atomic E-state index is 0.185. The van der Waals surface area contributed by atoms with Crippen molar-refractivity contribution >= 4 is 6.01 Å². The highest BCUT2D eigenvalue weighted by atomic mass is 16.5. The fourth-order valence-corrected chi connectivity index (χ4v) is 1.30. The molecule has 2 heterocycles. The van der Waals surface area contributed by atoms with E-state index in [-0.39, 0.29) is 6.04 Å². The average Bonchev–Trinajstić information content (AvgIpc) is 2.77. The second-order valence-electron chi connectivity index (χ2n) is 3.42. The quantitative estimate of drug-likeness (QED) is 0.812. The summed E-state index contributed by atoms with van der Waals surface area (Å²) >= 11 is 0. The first-order valence-corrected chi connectivity index (χ1v) is 4.78. The lowest BCUT2D eigenvalue weighted by molar-refractivity contribution is 0.418. The summed E-state index contributed by atoms with van der Waals surface area (Å²) in [7, 11) is 0. The van der Waals surface area contributed by atoms with Gasteiger partial charge in [0.1, 0.15) is 0 Å². The molecule has 0 radical (unpaired) electrons. The Morgan fingerprint density at radius 2 is 2.47 bits per heavy atom. The minimum Gasteiger partial charge on any atom is -0.333 e. The van der Waals surface area contributed by atoms with Crippen LogP contribution >= 0.6 is 0 Å². The van der Waals surface area contributed by atoms with Crippen LogP contribution < -0.4 is 5.32 Å². The number of nitrogens with one attached hydrogen (secondary N) is 1. The number of aromatic nitrogens is 4. The first-order valence-electron chi connectivity index (χ1n) is 4.78. The van der Waals surface area contributed by atoms with Gasteiger partial charge in [0, 0.05) is 18.4 Å². The normalized spacial score (nSPS) is 12.7. The first-order chi connectivity index (χ1) is 7.24. The van der Waals surface area contributed by atoms with Gasteiger partial charge < -0.3 is 9.84 Å². The van der Waals surface area contributed by atoms with Crippen LogP contribution in [0.1, 0.15) is 12.7 Å². The van der Waals surface area contributed by atoms with E-state index in [0.717, 1.165) is 6.54 Å². The average molecular weight is 207 g/mol. The maximum absolute atomic E-state index is 4.95. The van der Waals surface area contributed by atoms with E-state index < -0.39 is 0 Å². The van der Waals surface area contributed by atoms with Crippen molar-refractivity contribution in [2.24, 2.45) is 0 Å². The fraction of sp³-hybridized carbons (Fsp3) is 0.444. The molecule has 0 bridgehead atoms. The molecule has 2 aromatic heterocycles. The van der Waals surface area contributed by atoms with Gasteiger partial charge in [-0.3, -0.25) is 4.68 Å². The van der Waals surface area contributed by atoms with Crippen LogP contribution in [0.15, 0.2) is 23.0 Å². The Hall–Kier alpha value is -1.85. The van der Waals surface area contributed by atoms with Gasteiger partial charge in [-0.15, -0.1) is 0 Å². The Labute approximate surface area is 87.3 Å². The molecule has 1 atom stereocenters. The van der Waals surface area contributed by atoms with E-state index in [2.05, 4.69) is 20.6 Å². The highest BCUT2D eigenvalue weighted by Crippen LogP contribution is 2.05. The second kappa shape index (κ2) is 4.12. The van der Waals surface area contributed by atoms with Gasteiger partial charge >= 0.3 is 6.01 Å².